The number of ether oxygens (including phenoxy) is 3. The van der Waals surface area contributed by atoms with Crippen LogP contribution in [0.3, 0.4) is 0 Å². The first-order valence-corrected chi connectivity index (χ1v) is 30.0. The fourth-order valence-electron chi connectivity index (χ4n) is 9.33. The highest BCUT2D eigenvalue weighted by Gasteiger charge is 2.19. The Bertz CT molecular complexity index is 982. The van der Waals surface area contributed by atoms with Crippen molar-refractivity contribution in [2.75, 3.05) is 13.2 Å². The number of carbonyl (C=O) groups is 3. The largest absolute Gasteiger partial charge is 0.462 e. The minimum absolute atomic E-state index is 0.0628. The molecule has 0 bridgehead atoms. The van der Waals surface area contributed by atoms with Crippen LogP contribution in [0.1, 0.15) is 348 Å². The Morgan fingerprint density at radius 3 is 0.606 bits per heavy atom. The average molecular weight is 934 g/mol. The van der Waals surface area contributed by atoms with Crippen LogP contribution in [0.5, 0.6) is 0 Å². The standard InChI is InChI=1S/C60H116O6/c1-4-7-10-13-15-17-19-21-23-24-25-26-27-28-29-30-31-32-33-34-35-36-37-39-40-42-44-47-50-53-59(62)65-56-57(55-64-58(61)52-49-46-12-9-6-3)66-60(63)54-51-48-45-43-41-38-22-20-18-16-14-11-8-5-2/h57H,4-56H2,1-3H3. The number of hydrogen-bond donors (Lipinski definition) is 0. The molecule has 0 heterocycles. The molecule has 1 atom stereocenters. The fraction of sp³-hybridized carbons (Fsp3) is 0.950. The number of carbonyl (C=O) groups excluding carboxylic acids is 3. The van der Waals surface area contributed by atoms with Gasteiger partial charge in [0.25, 0.3) is 0 Å². The zero-order valence-corrected chi connectivity index (χ0v) is 45.0. The minimum atomic E-state index is -0.759. The van der Waals surface area contributed by atoms with Gasteiger partial charge in [-0.05, 0) is 19.3 Å². The quantitative estimate of drug-likeness (QED) is 0.0343. The lowest BCUT2D eigenvalue weighted by Gasteiger charge is -2.18. The van der Waals surface area contributed by atoms with Gasteiger partial charge in [-0.3, -0.25) is 14.4 Å². The molecule has 0 aliphatic heterocycles. The summed E-state index contributed by atoms with van der Waals surface area (Å²) in [7, 11) is 0. The normalized spacial score (nSPS) is 11.9. The molecule has 0 spiro atoms. The summed E-state index contributed by atoms with van der Waals surface area (Å²) in [5.41, 5.74) is 0. The van der Waals surface area contributed by atoms with Crippen molar-refractivity contribution in [1.29, 1.82) is 0 Å². The van der Waals surface area contributed by atoms with E-state index in [1.54, 1.807) is 0 Å². The molecule has 0 aromatic heterocycles. The van der Waals surface area contributed by atoms with Crippen molar-refractivity contribution in [3.8, 4) is 0 Å². The topological polar surface area (TPSA) is 78.9 Å². The van der Waals surface area contributed by atoms with Crippen LogP contribution in [-0.4, -0.2) is 37.2 Å². The molecular weight excluding hydrogens is 817 g/mol. The molecule has 0 saturated carbocycles. The van der Waals surface area contributed by atoms with Gasteiger partial charge in [0.2, 0.25) is 0 Å². The molecule has 0 amide bonds. The van der Waals surface area contributed by atoms with E-state index >= 15 is 0 Å². The van der Waals surface area contributed by atoms with Crippen molar-refractivity contribution in [3.05, 3.63) is 0 Å². The fourth-order valence-corrected chi connectivity index (χ4v) is 9.33. The molecule has 0 aliphatic rings. The van der Waals surface area contributed by atoms with Gasteiger partial charge in [-0.25, -0.2) is 0 Å². The minimum Gasteiger partial charge on any atom is -0.462 e. The Morgan fingerprint density at radius 2 is 0.409 bits per heavy atom. The number of rotatable bonds is 56. The third kappa shape index (κ3) is 53.4. The van der Waals surface area contributed by atoms with Gasteiger partial charge < -0.3 is 14.2 Å². The molecule has 6 nitrogen and oxygen atoms in total. The smallest absolute Gasteiger partial charge is 0.306 e. The maximum Gasteiger partial charge on any atom is 0.306 e. The Balaban J connectivity index is 3.89. The van der Waals surface area contributed by atoms with Gasteiger partial charge in [0.1, 0.15) is 13.2 Å². The molecule has 392 valence electrons. The molecule has 0 aromatic rings. The SMILES string of the molecule is CCCCCCCCCCCCCCCCCCCCCCCCCCCCCCCC(=O)OCC(COC(=O)CCCCCCC)OC(=O)CCCCCCCCCCCCCCCC. The lowest BCUT2D eigenvalue weighted by Crippen LogP contribution is -2.30. The summed E-state index contributed by atoms with van der Waals surface area (Å²) in [6.07, 6.45) is 63.1. The van der Waals surface area contributed by atoms with Crippen molar-refractivity contribution >= 4 is 17.9 Å². The summed E-state index contributed by atoms with van der Waals surface area (Å²) in [6.45, 7) is 6.62. The maximum absolute atomic E-state index is 12.7. The van der Waals surface area contributed by atoms with Crippen molar-refractivity contribution in [3.63, 3.8) is 0 Å². The summed E-state index contributed by atoms with van der Waals surface area (Å²) in [5.74, 6) is -0.853. The van der Waals surface area contributed by atoms with E-state index in [1.165, 1.54) is 244 Å². The molecule has 0 N–H and O–H groups in total. The van der Waals surface area contributed by atoms with Gasteiger partial charge in [-0.1, -0.05) is 310 Å². The second kappa shape index (κ2) is 56.0. The van der Waals surface area contributed by atoms with Gasteiger partial charge in [-0.15, -0.1) is 0 Å². The third-order valence-electron chi connectivity index (χ3n) is 13.9. The van der Waals surface area contributed by atoms with Crippen molar-refractivity contribution in [1.82, 2.24) is 0 Å². The number of esters is 3. The molecule has 0 fully saturated rings. The summed E-state index contributed by atoms with van der Waals surface area (Å²) >= 11 is 0. The van der Waals surface area contributed by atoms with E-state index in [9.17, 15) is 14.4 Å². The molecule has 1 unspecified atom stereocenters. The van der Waals surface area contributed by atoms with Crippen LogP contribution in [-0.2, 0) is 28.6 Å². The lowest BCUT2D eigenvalue weighted by atomic mass is 10.0. The van der Waals surface area contributed by atoms with E-state index in [0.29, 0.717) is 19.3 Å². The van der Waals surface area contributed by atoms with E-state index in [0.717, 1.165) is 64.2 Å². The predicted octanol–water partition coefficient (Wildman–Crippen LogP) is 19.9. The molecule has 0 radical (unpaired) electrons. The van der Waals surface area contributed by atoms with E-state index in [4.69, 9.17) is 14.2 Å². The monoisotopic (exact) mass is 933 g/mol. The summed E-state index contributed by atoms with van der Waals surface area (Å²) in [6, 6.07) is 0. The summed E-state index contributed by atoms with van der Waals surface area (Å²) in [4.78, 5) is 37.7. The Labute approximate surface area is 412 Å². The van der Waals surface area contributed by atoms with E-state index in [1.807, 2.05) is 0 Å². The van der Waals surface area contributed by atoms with Crippen LogP contribution in [0.2, 0.25) is 0 Å². The molecule has 0 saturated heterocycles. The third-order valence-corrected chi connectivity index (χ3v) is 13.9. The van der Waals surface area contributed by atoms with Crippen LogP contribution < -0.4 is 0 Å². The Hall–Kier alpha value is -1.59. The molecule has 6 heteroatoms. The Morgan fingerprint density at radius 1 is 0.242 bits per heavy atom. The van der Waals surface area contributed by atoms with Crippen LogP contribution in [0, 0.1) is 0 Å². The lowest BCUT2D eigenvalue weighted by molar-refractivity contribution is -0.167. The first-order chi connectivity index (χ1) is 32.5. The number of unbranched alkanes of at least 4 members (excludes halogenated alkanes) is 45. The molecular formula is C60H116O6. The van der Waals surface area contributed by atoms with Crippen LogP contribution in [0.4, 0.5) is 0 Å². The van der Waals surface area contributed by atoms with Crippen molar-refractivity contribution in [2.24, 2.45) is 0 Å². The van der Waals surface area contributed by atoms with Gasteiger partial charge >= 0.3 is 17.9 Å². The van der Waals surface area contributed by atoms with Gasteiger partial charge in [0, 0.05) is 19.3 Å². The maximum atomic E-state index is 12.7. The molecule has 0 rings (SSSR count). The first-order valence-electron chi connectivity index (χ1n) is 30.0. The predicted molar refractivity (Wildman–Crippen MR) is 284 cm³/mol. The molecule has 0 aliphatic carbocycles. The second-order valence-corrected chi connectivity index (χ2v) is 20.6. The van der Waals surface area contributed by atoms with E-state index in [-0.39, 0.29) is 31.1 Å². The van der Waals surface area contributed by atoms with Crippen LogP contribution in [0.15, 0.2) is 0 Å². The van der Waals surface area contributed by atoms with Crippen LogP contribution >= 0.6 is 0 Å². The average Bonchev–Trinajstić information content (AvgIpc) is 3.31. The van der Waals surface area contributed by atoms with Gasteiger partial charge in [-0.2, -0.15) is 0 Å². The van der Waals surface area contributed by atoms with Gasteiger partial charge in [0.05, 0.1) is 0 Å². The highest BCUT2D eigenvalue weighted by molar-refractivity contribution is 5.71. The highest BCUT2D eigenvalue weighted by Crippen LogP contribution is 2.18. The van der Waals surface area contributed by atoms with Crippen LogP contribution in [0.25, 0.3) is 0 Å². The Kier molecular flexibility index (Phi) is 54.7. The van der Waals surface area contributed by atoms with E-state index in [2.05, 4.69) is 20.8 Å². The zero-order chi connectivity index (χ0) is 47.9. The molecule has 0 aromatic carbocycles. The summed E-state index contributed by atoms with van der Waals surface area (Å²) in [5, 5.41) is 0. The summed E-state index contributed by atoms with van der Waals surface area (Å²) < 4.78 is 16.7. The van der Waals surface area contributed by atoms with Crippen molar-refractivity contribution < 1.29 is 28.6 Å². The van der Waals surface area contributed by atoms with E-state index < -0.39 is 6.10 Å². The first kappa shape index (κ1) is 64.4. The second-order valence-electron chi connectivity index (χ2n) is 20.6. The zero-order valence-electron chi connectivity index (χ0n) is 45.0. The number of hydrogen-bond acceptors (Lipinski definition) is 6. The van der Waals surface area contributed by atoms with Gasteiger partial charge in [0.15, 0.2) is 6.10 Å². The molecule has 66 heavy (non-hydrogen) atoms. The highest BCUT2D eigenvalue weighted by atomic mass is 16.6. The van der Waals surface area contributed by atoms with Crippen molar-refractivity contribution in [2.45, 2.75) is 354 Å².